The molecule has 0 spiro atoms. The predicted octanol–water partition coefficient (Wildman–Crippen LogP) is 4.53. The van der Waals surface area contributed by atoms with Gasteiger partial charge in [-0.15, -0.1) is 0 Å². The predicted molar refractivity (Wildman–Crippen MR) is 85.5 cm³/mol. The summed E-state index contributed by atoms with van der Waals surface area (Å²) in [5.74, 6) is 3.69. The number of allylic oxidation sites excluding steroid dienone is 4. The van der Waals surface area contributed by atoms with Gasteiger partial charge in [-0.25, -0.2) is 0 Å². The van der Waals surface area contributed by atoms with Crippen LogP contribution < -0.4 is 5.73 Å². The minimum Gasteiger partial charge on any atom is -0.513 e. The second-order valence-corrected chi connectivity index (χ2v) is 8.58. The lowest BCUT2D eigenvalue weighted by atomic mass is 9.46. The fraction of sp³-hybridized carbons (Fsp3) is 0.789. The first kappa shape index (κ1) is 13.7. The van der Waals surface area contributed by atoms with Crippen LogP contribution in [0, 0.1) is 34.5 Å². The molecule has 2 fully saturated rings. The number of aliphatic hydroxyl groups excluding tert-OH is 1. The van der Waals surface area contributed by atoms with Crippen molar-refractivity contribution in [3.63, 3.8) is 0 Å². The van der Waals surface area contributed by atoms with Gasteiger partial charge in [-0.1, -0.05) is 19.9 Å². The van der Waals surface area contributed by atoms with Gasteiger partial charge in [0.2, 0.25) is 0 Å². The maximum Gasteiger partial charge on any atom is 0.0886 e. The molecule has 0 heterocycles. The largest absolute Gasteiger partial charge is 0.513 e. The molecule has 2 heteroatoms. The monoisotopic (exact) mass is 287 g/mol. The quantitative estimate of drug-likeness (QED) is 0.687. The Morgan fingerprint density at radius 2 is 1.95 bits per heavy atom. The molecule has 0 aromatic heterocycles. The first-order chi connectivity index (χ1) is 9.95. The molecule has 0 aromatic carbocycles. The van der Waals surface area contributed by atoms with E-state index in [1.54, 1.807) is 0 Å². The smallest absolute Gasteiger partial charge is 0.0886 e. The van der Waals surface area contributed by atoms with Crippen molar-refractivity contribution in [3.05, 3.63) is 23.6 Å². The topological polar surface area (TPSA) is 46.2 Å². The molecule has 0 saturated heterocycles. The fourth-order valence-corrected chi connectivity index (χ4v) is 6.44. The molecule has 0 aliphatic heterocycles. The van der Waals surface area contributed by atoms with E-state index in [1.807, 2.05) is 0 Å². The average Bonchev–Trinajstić information content (AvgIpc) is 2.76. The summed E-state index contributed by atoms with van der Waals surface area (Å²) in [5, 5.41) is 9.92. The van der Waals surface area contributed by atoms with Gasteiger partial charge in [-0.05, 0) is 73.7 Å². The second-order valence-electron chi connectivity index (χ2n) is 8.58. The summed E-state index contributed by atoms with van der Waals surface area (Å²) in [6.45, 7) is 4.92. The molecule has 2 nitrogen and oxygen atoms in total. The fourth-order valence-electron chi connectivity index (χ4n) is 6.44. The molecule has 0 bridgehead atoms. The van der Waals surface area contributed by atoms with Crippen molar-refractivity contribution in [2.24, 2.45) is 40.2 Å². The molecule has 116 valence electrons. The first-order valence-corrected chi connectivity index (χ1v) is 8.81. The Morgan fingerprint density at radius 3 is 2.76 bits per heavy atom. The molecule has 0 amide bonds. The minimum atomic E-state index is 0.275. The van der Waals surface area contributed by atoms with Gasteiger partial charge in [0, 0.05) is 17.5 Å². The van der Waals surface area contributed by atoms with E-state index in [0.29, 0.717) is 17.1 Å². The highest BCUT2D eigenvalue weighted by Gasteiger charge is 2.57. The Kier molecular flexibility index (Phi) is 2.81. The van der Waals surface area contributed by atoms with Crippen molar-refractivity contribution in [2.75, 3.05) is 0 Å². The minimum absolute atomic E-state index is 0.275. The molecule has 2 saturated carbocycles. The summed E-state index contributed by atoms with van der Waals surface area (Å²) in [6.07, 6.45) is 12.9. The number of nitrogens with two attached hydrogens (primary N) is 1. The molecule has 4 aliphatic carbocycles. The van der Waals surface area contributed by atoms with Crippen LogP contribution in [0.1, 0.15) is 58.8 Å². The lowest BCUT2D eigenvalue weighted by Crippen LogP contribution is -2.52. The van der Waals surface area contributed by atoms with Crippen LogP contribution in [0.3, 0.4) is 0 Å². The van der Waals surface area contributed by atoms with E-state index in [9.17, 15) is 5.11 Å². The lowest BCUT2D eigenvalue weighted by Gasteiger charge is -2.59. The number of fused-ring (bicyclic) bond motifs is 5. The van der Waals surface area contributed by atoms with Crippen LogP contribution in [0.25, 0.3) is 0 Å². The normalized spacial score (nSPS) is 52.3. The average molecular weight is 287 g/mol. The first-order valence-electron chi connectivity index (χ1n) is 8.81. The Morgan fingerprint density at radius 1 is 1.14 bits per heavy atom. The summed E-state index contributed by atoms with van der Waals surface area (Å²) >= 11 is 0. The third-order valence-electron chi connectivity index (χ3n) is 7.90. The van der Waals surface area contributed by atoms with Gasteiger partial charge in [-0.3, -0.25) is 0 Å². The maximum absolute atomic E-state index is 9.92. The van der Waals surface area contributed by atoms with Crippen LogP contribution in [0.5, 0.6) is 0 Å². The highest BCUT2D eigenvalue weighted by molar-refractivity contribution is 5.24. The van der Waals surface area contributed by atoms with Gasteiger partial charge >= 0.3 is 0 Å². The van der Waals surface area contributed by atoms with Gasteiger partial charge < -0.3 is 10.8 Å². The molecular weight excluding hydrogens is 258 g/mol. The third-order valence-corrected chi connectivity index (χ3v) is 7.90. The third kappa shape index (κ3) is 1.71. The van der Waals surface area contributed by atoms with Crippen LogP contribution in [-0.2, 0) is 0 Å². The highest BCUT2D eigenvalue weighted by Crippen LogP contribution is 2.65. The van der Waals surface area contributed by atoms with E-state index in [2.05, 4.69) is 26.0 Å². The highest BCUT2D eigenvalue weighted by atomic mass is 16.3. The van der Waals surface area contributed by atoms with Gasteiger partial charge in [0.1, 0.15) is 0 Å². The molecule has 21 heavy (non-hydrogen) atoms. The Balaban J connectivity index is 1.66. The zero-order valence-electron chi connectivity index (χ0n) is 13.4. The number of rotatable bonds is 0. The van der Waals surface area contributed by atoms with E-state index in [4.69, 9.17) is 5.73 Å². The lowest BCUT2D eigenvalue weighted by molar-refractivity contribution is -0.0791. The number of hydrogen-bond donors (Lipinski definition) is 2. The van der Waals surface area contributed by atoms with E-state index in [1.165, 1.54) is 44.2 Å². The molecule has 6 atom stereocenters. The van der Waals surface area contributed by atoms with E-state index in [-0.39, 0.29) is 5.41 Å². The number of aliphatic hydroxyl groups is 1. The van der Waals surface area contributed by atoms with Crippen LogP contribution >= 0.6 is 0 Å². The van der Waals surface area contributed by atoms with Gasteiger partial charge in [0.25, 0.3) is 0 Å². The molecular formula is C19H29NO. The maximum atomic E-state index is 9.92. The van der Waals surface area contributed by atoms with Crippen molar-refractivity contribution in [1.82, 2.24) is 0 Å². The van der Waals surface area contributed by atoms with Crippen LogP contribution in [0.4, 0.5) is 0 Å². The Hall–Kier alpha value is -0.920. The SMILES string of the molecule is C[C@]12CCC(O)=CC1CC[C@@H]1[C@@H]2CC[C@]2(C)C(N)=CC[C@@H]12. The van der Waals surface area contributed by atoms with Gasteiger partial charge in [0.05, 0.1) is 5.76 Å². The van der Waals surface area contributed by atoms with Crippen molar-refractivity contribution in [2.45, 2.75) is 58.8 Å². The zero-order chi connectivity index (χ0) is 14.8. The van der Waals surface area contributed by atoms with Crippen molar-refractivity contribution in [3.8, 4) is 0 Å². The summed E-state index contributed by atoms with van der Waals surface area (Å²) in [5.41, 5.74) is 8.20. The van der Waals surface area contributed by atoms with Gasteiger partial charge in [0.15, 0.2) is 0 Å². The standard InChI is InChI=1S/C19H29NO/c1-18-9-7-13(21)11-12(18)3-4-14-15-5-6-17(20)19(15,2)10-8-16(14)18/h6,11-12,14-16,21H,3-5,7-10,20H2,1-2H3/t12?,14-,15-,16-,18-,19-/m0/s1. The summed E-state index contributed by atoms with van der Waals surface area (Å²) < 4.78 is 0. The molecule has 4 aliphatic rings. The summed E-state index contributed by atoms with van der Waals surface area (Å²) in [6, 6.07) is 0. The van der Waals surface area contributed by atoms with E-state index < -0.39 is 0 Å². The summed E-state index contributed by atoms with van der Waals surface area (Å²) in [7, 11) is 0. The van der Waals surface area contributed by atoms with Crippen molar-refractivity contribution >= 4 is 0 Å². The molecule has 0 aromatic rings. The van der Waals surface area contributed by atoms with E-state index >= 15 is 0 Å². The molecule has 1 unspecified atom stereocenters. The number of hydrogen-bond acceptors (Lipinski definition) is 2. The molecule has 0 radical (unpaired) electrons. The van der Waals surface area contributed by atoms with Crippen molar-refractivity contribution in [1.29, 1.82) is 0 Å². The Labute approximate surface area is 128 Å². The molecule has 3 N–H and O–H groups in total. The van der Waals surface area contributed by atoms with Crippen molar-refractivity contribution < 1.29 is 5.11 Å². The zero-order valence-corrected chi connectivity index (χ0v) is 13.4. The van der Waals surface area contributed by atoms with Crippen LogP contribution in [0.2, 0.25) is 0 Å². The van der Waals surface area contributed by atoms with Gasteiger partial charge in [-0.2, -0.15) is 0 Å². The van der Waals surface area contributed by atoms with Crippen LogP contribution in [0.15, 0.2) is 23.6 Å². The molecule has 4 rings (SSSR count). The van der Waals surface area contributed by atoms with E-state index in [0.717, 1.165) is 24.2 Å². The second kappa shape index (κ2) is 4.30. The van der Waals surface area contributed by atoms with Crippen LogP contribution in [-0.4, -0.2) is 5.11 Å². The summed E-state index contributed by atoms with van der Waals surface area (Å²) in [4.78, 5) is 0. The Bertz CT molecular complexity index is 522.